The number of alkyl halides is 2. The zero-order chi connectivity index (χ0) is 20.8. The molecule has 0 bridgehead atoms. The number of thioether (sulfide) groups is 1. The molecule has 1 fully saturated rings. The quantitative estimate of drug-likeness (QED) is 0.448. The number of carbonyl (C=O) groups is 2. The highest BCUT2D eigenvalue weighted by Gasteiger charge is 2.31. The Bertz CT molecular complexity index is 853. The molecular weight excluding hydrogens is 424 g/mol. The number of ether oxygens (including phenoxy) is 1. The first-order chi connectivity index (χ1) is 13.9. The molecule has 10 heteroatoms. The van der Waals surface area contributed by atoms with Crippen LogP contribution in [0, 0.1) is 0 Å². The third-order valence-corrected chi connectivity index (χ3v) is 5.14. The zero-order valence-corrected chi connectivity index (χ0v) is 16.6. The molecule has 154 valence electrons. The summed E-state index contributed by atoms with van der Waals surface area (Å²) in [6, 6.07) is 12.6. The van der Waals surface area contributed by atoms with Crippen molar-refractivity contribution in [2.45, 2.75) is 29.2 Å². The van der Waals surface area contributed by atoms with Crippen LogP contribution in [-0.2, 0) is 14.3 Å². The number of esters is 1. The number of benzene rings is 2. The van der Waals surface area contributed by atoms with E-state index in [0.29, 0.717) is 33.8 Å². The first-order valence-electron chi connectivity index (χ1n) is 8.68. The second-order valence-corrected chi connectivity index (χ2v) is 7.74. The summed E-state index contributed by atoms with van der Waals surface area (Å²) in [6.07, 6.45) is 0.464. The van der Waals surface area contributed by atoms with Gasteiger partial charge in [-0.25, -0.2) is 10.9 Å². The van der Waals surface area contributed by atoms with Crippen LogP contribution in [0.15, 0.2) is 53.4 Å². The van der Waals surface area contributed by atoms with Gasteiger partial charge in [-0.15, -0.1) is 0 Å². The summed E-state index contributed by atoms with van der Waals surface area (Å²) in [6.45, 7) is -0.448. The lowest BCUT2D eigenvalue weighted by Gasteiger charge is -2.11. The van der Waals surface area contributed by atoms with Gasteiger partial charge < -0.3 is 10.1 Å². The van der Waals surface area contributed by atoms with Crippen molar-refractivity contribution >= 4 is 40.9 Å². The molecule has 0 spiro atoms. The zero-order valence-electron chi connectivity index (χ0n) is 15.0. The van der Waals surface area contributed by atoms with E-state index >= 15 is 0 Å². The minimum Gasteiger partial charge on any atom is -0.454 e. The molecule has 3 rings (SSSR count). The fourth-order valence-electron chi connectivity index (χ4n) is 2.78. The molecule has 2 unspecified atom stereocenters. The van der Waals surface area contributed by atoms with Crippen LogP contribution in [-0.4, -0.2) is 30.3 Å². The highest BCUT2D eigenvalue weighted by atomic mass is 35.5. The van der Waals surface area contributed by atoms with Gasteiger partial charge >= 0.3 is 5.97 Å². The monoisotopic (exact) mass is 441 g/mol. The van der Waals surface area contributed by atoms with Gasteiger partial charge in [0.2, 0.25) is 0 Å². The average molecular weight is 442 g/mol. The lowest BCUT2D eigenvalue weighted by molar-refractivity contribution is -0.149. The number of amides is 1. The highest BCUT2D eigenvalue weighted by molar-refractivity contribution is 7.99. The summed E-state index contributed by atoms with van der Waals surface area (Å²) in [5.74, 6) is -3.58. The second kappa shape index (κ2) is 10.0. The first kappa shape index (κ1) is 21.5. The van der Waals surface area contributed by atoms with Crippen molar-refractivity contribution in [1.82, 2.24) is 10.9 Å². The maximum absolute atomic E-state index is 12.3. The topological polar surface area (TPSA) is 79.5 Å². The molecule has 2 aromatic carbocycles. The molecule has 1 aliphatic rings. The smallest absolute Gasteiger partial charge is 0.325 e. The molecular formula is C19H18ClF2N3O3S. The Morgan fingerprint density at radius 1 is 1.14 bits per heavy atom. The number of halogens is 3. The number of rotatable bonds is 7. The Morgan fingerprint density at radius 3 is 2.48 bits per heavy atom. The molecule has 1 heterocycles. The van der Waals surface area contributed by atoms with Gasteiger partial charge in [0, 0.05) is 21.6 Å². The van der Waals surface area contributed by atoms with E-state index in [1.54, 1.807) is 12.1 Å². The van der Waals surface area contributed by atoms with Crippen molar-refractivity contribution in [3.63, 3.8) is 0 Å². The third kappa shape index (κ3) is 6.40. The standard InChI is InChI=1S/C19H18ClF2N3O3S/c20-12-3-1-11(2-4-12)15-9-16(25-24-15)18(27)28-10-17(26)23-13-5-7-14(8-6-13)29-19(21)22/h1-8,15-16,19,24-25H,9-10H2,(H,23,26). The van der Waals surface area contributed by atoms with Crippen LogP contribution in [0.3, 0.4) is 0 Å². The van der Waals surface area contributed by atoms with E-state index in [1.807, 2.05) is 12.1 Å². The van der Waals surface area contributed by atoms with Crippen LogP contribution in [0.2, 0.25) is 5.02 Å². The molecule has 6 nitrogen and oxygen atoms in total. The predicted octanol–water partition coefficient (Wildman–Crippen LogP) is 3.74. The number of hydrazine groups is 1. The normalized spacial score (nSPS) is 18.6. The molecule has 2 aromatic rings. The largest absolute Gasteiger partial charge is 0.454 e. The van der Waals surface area contributed by atoms with E-state index in [1.165, 1.54) is 24.3 Å². The van der Waals surface area contributed by atoms with E-state index in [2.05, 4.69) is 16.2 Å². The van der Waals surface area contributed by atoms with Crippen molar-refractivity contribution < 1.29 is 23.1 Å². The molecule has 0 radical (unpaired) electrons. The van der Waals surface area contributed by atoms with Crippen molar-refractivity contribution in [2.24, 2.45) is 0 Å². The van der Waals surface area contributed by atoms with Crippen LogP contribution in [0.1, 0.15) is 18.0 Å². The van der Waals surface area contributed by atoms with Crippen LogP contribution >= 0.6 is 23.4 Å². The Labute approximate surface area is 175 Å². The lowest BCUT2D eigenvalue weighted by atomic mass is 10.0. The van der Waals surface area contributed by atoms with Gasteiger partial charge in [-0.2, -0.15) is 8.78 Å². The van der Waals surface area contributed by atoms with E-state index in [0.717, 1.165) is 5.56 Å². The summed E-state index contributed by atoms with van der Waals surface area (Å²) in [5.41, 5.74) is 7.28. The van der Waals surface area contributed by atoms with Gasteiger partial charge in [0.15, 0.2) is 6.61 Å². The van der Waals surface area contributed by atoms with Crippen LogP contribution in [0.4, 0.5) is 14.5 Å². The maximum atomic E-state index is 12.3. The number of hydrogen-bond acceptors (Lipinski definition) is 6. The number of carbonyl (C=O) groups excluding carboxylic acids is 2. The maximum Gasteiger partial charge on any atom is 0.325 e. The van der Waals surface area contributed by atoms with Crippen LogP contribution in [0.5, 0.6) is 0 Å². The molecule has 29 heavy (non-hydrogen) atoms. The molecule has 0 saturated carbocycles. The molecule has 1 amide bonds. The second-order valence-electron chi connectivity index (χ2n) is 6.24. The van der Waals surface area contributed by atoms with Gasteiger partial charge in [0.1, 0.15) is 6.04 Å². The van der Waals surface area contributed by atoms with Gasteiger partial charge in [-0.1, -0.05) is 35.5 Å². The van der Waals surface area contributed by atoms with Crippen molar-refractivity contribution in [1.29, 1.82) is 0 Å². The Kier molecular flexibility index (Phi) is 7.43. The summed E-state index contributed by atoms with van der Waals surface area (Å²) in [7, 11) is 0. The average Bonchev–Trinajstić information content (AvgIpc) is 3.18. The SMILES string of the molecule is O=C(COC(=O)C1CC(c2ccc(Cl)cc2)NN1)Nc1ccc(SC(F)F)cc1. The lowest BCUT2D eigenvalue weighted by Crippen LogP contribution is -2.38. The molecule has 1 saturated heterocycles. The summed E-state index contributed by atoms with van der Waals surface area (Å²) in [5, 5.41) is 3.18. The molecule has 2 atom stereocenters. The summed E-state index contributed by atoms with van der Waals surface area (Å²) >= 11 is 6.29. The highest BCUT2D eigenvalue weighted by Crippen LogP contribution is 2.26. The molecule has 0 aromatic heterocycles. The number of hydrogen-bond donors (Lipinski definition) is 3. The third-order valence-electron chi connectivity index (χ3n) is 4.17. The Morgan fingerprint density at radius 2 is 1.83 bits per heavy atom. The molecule has 0 aliphatic carbocycles. The van der Waals surface area contributed by atoms with Crippen molar-refractivity contribution in [3.05, 3.63) is 59.1 Å². The number of anilines is 1. The molecule has 1 aliphatic heterocycles. The number of nitrogens with one attached hydrogen (secondary N) is 3. The van der Waals surface area contributed by atoms with Gasteiger partial charge in [-0.05, 0) is 48.4 Å². The fourth-order valence-corrected chi connectivity index (χ4v) is 3.40. The predicted molar refractivity (Wildman–Crippen MR) is 107 cm³/mol. The summed E-state index contributed by atoms with van der Waals surface area (Å²) in [4.78, 5) is 24.5. The van der Waals surface area contributed by atoms with Gasteiger partial charge in [0.25, 0.3) is 11.7 Å². The Hall–Kier alpha value is -2.20. The minimum absolute atomic E-state index is 0.0803. The Balaban J connectivity index is 1.43. The fraction of sp³-hybridized carbons (Fsp3) is 0.263. The van der Waals surface area contributed by atoms with Crippen molar-refractivity contribution in [3.8, 4) is 0 Å². The van der Waals surface area contributed by atoms with E-state index in [4.69, 9.17) is 16.3 Å². The van der Waals surface area contributed by atoms with E-state index < -0.39 is 30.3 Å². The molecule has 3 N–H and O–H groups in total. The van der Waals surface area contributed by atoms with Crippen LogP contribution < -0.4 is 16.2 Å². The first-order valence-corrected chi connectivity index (χ1v) is 9.94. The van der Waals surface area contributed by atoms with Gasteiger partial charge in [-0.3, -0.25) is 9.59 Å². The summed E-state index contributed by atoms with van der Waals surface area (Å²) < 4.78 is 29.7. The van der Waals surface area contributed by atoms with Crippen LogP contribution in [0.25, 0.3) is 0 Å². The van der Waals surface area contributed by atoms with Crippen molar-refractivity contribution in [2.75, 3.05) is 11.9 Å². The van der Waals surface area contributed by atoms with E-state index in [9.17, 15) is 18.4 Å². The van der Waals surface area contributed by atoms with Gasteiger partial charge in [0.05, 0.1) is 0 Å². The van der Waals surface area contributed by atoms with E-state index in [-0.39, 0.29) is 6.04 Å². The minimum atomic E-state index is -2.51.